The molecule has 0 bridgehead atoms. The van der Waals surface area contributed by atoms with E-state index in [2.05, 4.69) is 24.8 Å². The number of fused-ring (bicyclic) bond motifs is 1. The Balaban J connectivity index is 1.83. The number of nitrogens with zero attached hydrogens (tertiary/aromatic N) is 1. The average molecular weight is 259 g/mol. The predicted octanol–water partition coefficient (Wildman–Crippen LogP) is 4.03. The first-order chi connectivity index (χ1) is 9.16. The molecule has 1 saturated heterocycles. The van der Waals surface area contributed by atoms with E-state index < -0.39 is 0 Å². The van der Waals surface area contributed by atoms with E-state index in [4.69, 9.17) is 0 Å². The molecule has 104 valence electrons. The van der Waals surface area contributed by atoms with Crippen LogP contribution in [0.5, 0.6) is 5.75 Å². The van der Waals surface area contributed by atoms with Crippen LogP contribution in [0, 0.1) is 12.8 Å². The molecule has 1 aromatic rings. The molecule has 0 spiro atoms. The Morgan fingerprint density at radius 2 is 2.00 bits per heavy atom. The number of aromatic hydroxyl groups is 1. The van der Waals surface area contributed by atoms with Crippen molar-refractivity contribution < 1.29 is 5.11 Å². The van der Waals surface area contributed by atoms with Crippen LogP contribution in [0.4, 0.5) is 0 Å². The van der Waals surface area contributed by atoms with Gasteiger partial charge in [0.15, 0.2) is 0 Å². The van der Waals surface area contributed by atoms with Crippen LogP contribution in [0.15, 0.2) is 18.2 Å². The third kappa shape index (κ3) is 2.38. The quantitative estimate of drug-likeness (QED) is 0.867. The van der Waals surface area contributed by atoms with E-state index in [1.165, 1.54) is 44.2 Å². The number of likely N-dealkylation sites (tertiary alicyclic amines) is 1. The van der Waals surface area contributed by atoms with Crippen LogP contribution in [-0.4, -0.2) is 22.6 Å². The Hall–Kier alpha value is -1.02. The Morgan fingerprint density at radius 3 is 2.84 bits per heavy atom. The fourth-order valence-electron chi connectivity index (χ4n) is 4.11. The highest BCUT2D eigenvalue weighted by molar-refractivity contribution is 5.38. The molecule has 3 atom stereocenters. The first kappa shape index (κ1) is 13.0. The summed E-state index contributed by atoms with van der Waals surface area (Å²) in [7, 11) is 0. The van der Waals surface area contributed by atoms with Gasteiger partial charge in [0.2, 0.25) is 0 Å². The number of hydrogen-bond donors (Lipinski definition) is 1. The van der Waals surface area contributed by atoms with Gasteiger partial charge in [-0.1, -0.05) is 30.5 Å². The maximum atomic E-state index is 10.1. The zero-order chi connectivity index (χ0) is 13.4. The molecule has 0 amide bonds. The topological polar surface area (TPSA) is 23.5 Å². The van der Waals surface area contributed by atoms with Crippen LogP contribution < -0.4 is 0 Å². The number of phenols is 1. The Morgan fingerprint density at radius 1 is 1.21 bits per heavy atom. The van der Waals surface area contributed by atoms with E-state index in [0.29, 0.717) is 11.8 Å². The second-order valence-electron chi connectivity index (χ2n) is 6.38. The van der Waals surface area contributed by atoms with E-state index in [9.17, 15) is 5.11 Å². The number of hydrogen-bond acceptors (Lipinski definition) is 2. The first-order valence-corrected chi connectivity index (χ1v) is 7.72. The molecule has 1 heterocycles. The largest absolute Gasteiger partial charge is 0.508 e. The van der Waals surface area contributed by atoms with Gasteiger partial charge in [-0.3, -0.25) is 4.90 Å². The van der Waals surface area contributed by atoms with E-state index >= 15 is 0 Å². The minimum absolute atomic E-state index is 0.341. The highest BCUT2D eigenvalue weighted by Crippen LogP contribution is 2.41. The van der Waals surface area contributed by atoms with Gasteiger partial charge in [0, 0.05) is 17.6 Å². The Bertz CT molecular complexity index is 457. The highest BCUT2D eigenvalue weighted by atomic mass is 16.3. The maximum absolute atomic E-state index is 10.1. The van der Waals surface area contributed by atoms with Crippen LogP contribution >= 0.6 is 0 Å². The van der Waals surface area contributed by atoms with Gasteiger partial charge in [0.05, 0.1) is 0 Å². The zero-order valence-electron chi connectivity index (χ0n) is 12.1. The minimum Gasteiger partial charge on any atom is -0.508 e. The molecule has 2 heteroatoms. The molecule has 19 heavy (non-hydrogen) atoms. The third-order valence-electron chi connectivity index (χ3n) is 5.18. The molecule has 3 rings (SSSR count). The van der Waals surface area contributed by atoms with Crippen LogP contribution in [0.3, 0.4) is 0 Å². The lowest BCUT2D eigenvalue weighted by Gasteiger charge is -2.36. The molecule has 0 radical (unpaired) electrons. The van der Waals surface area contributed by atoms with Crippen molar-refractivity contribution in [2.45, 2.75) is 58.0 Å². The summed E-state index contributed by atoms with van der Waals surface area (Å²) >= 11 is 0. The molecular weight excluding hydrogens is 234 g/mol. The normalized spacial score (nSPS) is 29.2. The van der Waals surface area contributed by atoms with Crippen molar-refractivity contribution in [3.8, 4) is 5.75 Å². The summed E-state index contributed by atoms with van der Waals surface area (Å²) in [6, 6.07) is 7.07. The molecule has 2 nitrogen and oxygen atoms in total. The fourth-order valence-corrected chi connectivity index (χ4v) is 4.11. The van der Waals surface area contributed by atoms with E-state index in [-0.39, 0.29) is 0 Å². The van der Waals surface area contributed by atoms with Crippen molar-refractivity contribution in [1.82, 2.24) is 4.90 Å². The summed E-state index contributed by atoms with van der Waals surface area (Å²) in [5.74, 6) is 1.36. The molecule has 0 aromatic heterocycles. The SMILES string of the molecule is Cc1ccc(O)c(C(C)N2CCC3CCCCC32)c1. The Labute approximate surface area is 116 Å². The lowest BCUT2D eigenvalue weighted by molar-refractivity contribution is 0.139. The number of aryl methyl sites for hydroxylation is 1. The maximum Gasteiger partial charge on any atom is 0.120 e. The van der Waals surface area contributed by atoms with Crippen molar-refractivity contribution in [3.05, 3.63) is 29.3 Å². The standard InChI is InChI=1S/C17H25NO/c1-12-7-8-17(19)15(11-12)13(2)18-10-9-14-5-3-4-6-16(14)18/h7-8,11,13-14,16,19H,3-6,9-10H2,1-2H3. The molecule has 1 aliphatic carbocycles. The summed E-state index contributed by atoms with van der Waals surface area (Å²) in [6.45, 7) is 5.55. The van der Waals surface area contributed by atoms with Gasteiger partial charge in [0.1, 0.15) is 5.75 Å². The monoisotopic (exact) mass is 259 g/mol. The number of rotatable bonds is 2. The number of benzene rings is 1. The van der Waals surface area contributed by atoms with Gasteiger partial charge in [-0.05, 0) is 51.6 Å². The smallest absolute Gasteiger partial charge is 0.120 e. The van der Waals surface area contributed by atoms with E-state index in [0.717, 1.165) is 17.5 Å². The van der Waals surface area contributed by atoms with Crippen molar-refractivity contribution >= 4 is 0 Å². The van der Waals surface area contributed by atoms with Crippen molar-refractivity contribution in [1.29, 1.82) is 0 Å². The summed E-state index contributed by atoms with van der Waals surface area (Å²) in [5.41, 5.74) is 2.34. The highest BCUT2D eigenvalue weighted by Gasteiger charge is 2.38. The van der Waals surface area contributed by atoms with Crippen LogP contribution in [0.1, 0.15) is 56.2 Å². The van der Waals surface area contributed by atoms with Crippen LogP contribution in [0.25, 0.3) is 0 Å². The molecule has 2 aliphatic rings. The summed E-state index contributed by atoms with van der Waals surface area (Å²) < 4.78 is 0. The van der Waals surface area contributed by atoms with Gasteiger partial charge in [0.25, 0.3) is 0 Å². The van der Waals surface area contributed by atoms with Crippen LogP contribution in [0.2, 0.25) is 0 Å². The summed E-state index contributed by atoms with van der Waals surface area (Å²) in [4.78, 5) is 2.64. The zero-order valence-corrected chi connectivity index (χ0v) is 12.1. The third-order valence-corrected chi connectivity index (χ3v) is 5.18. The second kappa shape index (κ2) is 5.16. The van der Waals surface area contributed by atoms with Gasteiger partial charge < -0.3 is 5.11 Å². The van der Waals surface area contributed by atoms with Crippen molar-refractivity contribution in [2.75, 3.05) is 6.54 Å². The molecule has 1 aliphatic heterocycles. The van der Waals surface area contributed by atoms with Crippen LogP contribution in [-0.2, 0) is 0 Å². The second-order valence-corrected chi connectivity index (χ2v) is 6.38. The van der Waals surface area contributed by atoms with E-state index in [1.807, 2.05) is 12.1 Å². The fraction of sp³-hybridized carbons (Fsp3) is 0.647. The van der Waals surface area contributed by atoms with Gasteiger partial charge >= 0.3 is 0 Å². The number of phenolic OH excluding ortho intramolecular Hbond substituents is 1. The molecule has 2 fully saturated rings. The molecule has 1 saturated carbocycles. The van der Waals surface area contributed by atoms with Crippen molar-refractivity contribution in [3.63, 3.8) is 0 Å². The molecule has 3 unspecified atom stereocenters. The molecule has 1 aromatic carbocycles. The van der Waals surface area contributed by atoms with Gasteiger partial charge in [-0.15, -0.1) is 0 Å². The van der Waals surface area contributed by atoms with E-state index in [1.54, 1.807) is 0 Å². The lowest BCUT2D eigenvalue weighted by atomic mass is 9.84. The first-order valence-electron chi connectivity index (χ1n) is 7.72. The summed E-state index contributed by atoms with van der Waals surface area (Å²) in [6.07, 6.45) is 6.90. The van der Waals surface area contributed by atoms with Gasteiger partial charge in [-0.25, -0.2) is 0 Å². The van der Waals surface area contributed by atoms with Crippen molar-refractivity contribution in [2.24, 2.45) is 5.92 Å². The lowest BCUT2D eigenvalue weighted by Crippen LogP contribution is -2.36. The molecular formula is C17H25NO. The average Bonchev–Trinajstić information content (AvgIpc) is 2.84. The van der Waals surface area contributed by atoms with Gasteiger partial charge in [-0.2, -0.15) is 0 Å². The molecule has 1 N–H and O–H groups in total. The Kier molecular flexibility index (Phi) is 3.53. The minimum atomic E-state index is 0.341. The predicted molar refractivity (Wildman–Crippen MR) is 78.3 cm³/mol. The summed E-state index contributed by atoms with van der Waals surface area (Å²) in [5, 5.41) is 10.1.